The van der Waals surface area contributed by atoms with Crippen molar-refractivity contribution in [1.29, 1.82) is 0 Å². The number of anilines is 1. The van der Waals surface area contributed by atoms with Crippen LogP contribution in [0, 0.1) is 18.4 Å². The lowest BCUT2D eigenvalue weighted by Gasteiger charge is -2.37. The highest BCUT2D eigenvalue weighted by Gasteiger charge is 2.60. The molecule has 46 heavy (non-hydrogen) atoms. The van der Waals surface area contributed by atoms with E-state index in [1.165, 1.54) is 47.3 Å². The Kier molecular flexibility index (Phi) is 7.64. The number of nitrogens with two attached hydrogens (primary N) is 1. The minimum absolute atomic E-state index is 0.0175. The number of carboxylic acids is 2. The Morgan fingerprint density at radius 3 is 2.33 bits per heavy atom. The van der Waals surface area contributed by atoms with Crippen LogP contribution in [0.15, 0.2) is 85.2 Å². The summed E-state index contributed by atoms with van der Waals surface area (Å²) in [6.45, 7) is -0.431. The first-order valence-corrected chi connectivity index (χ1v) is 13.8. The van der Waals surface area contributed by atoms with E-state index in [9.17, 15) is 29.0 Å². The Bertz CT molecular complexity index is 2040. The maximum absolute atomic E-state index is 14.5. The lowest BCUT2D eigenvalue weighted by molar-refractivity contribution is -0.0403. The Labute approximate surface area is 260 Å². The standard InChI is InChI=1S/C33H24FN5O7/c1-2-33(22-15-9-8-14-21(22)29(42)43)24(19-12-6-7-13-20(19)28(40)41)23(16-45-30(44)18-10-4-3-5-11-18)46-31(33)39-17-36-25-26(35)37-32(34)38-27(25)39/h1,3-15,17,23-24,31H,16H2,(H,40,41)(H,42,43)(H2,35,37,38)/t23-,24-,31+,33+/m0/s1. The van der Waals surface area contributed by atoms with Gasteiger partial charge in [-0.25, -0.2) is 19.4 Å². The molecule has 0 saturated carbocycles. The molecule has 13 heteroatoms. The van der Waals surface area contributed by atoms with E-state index in [2.05, 4.69) is 20.9 Å². The van der Waals surface area contributed by atoms with Crippen molar-refractivity contribution in [2.24, 2.45) is 0 Å². The summed E-state index contributed by atoms with van der Waals surface area (Å²) in [6, 6.07) is 20.1. The Hall–Kier alpha value is -6.13. The van der Waals surface area contributed by atoms with Gasteiger partial charge in [0.15, 0.2) is 23.2 Å². The fraction of sp³-hybridized carbons (Fsp3) is 0.152. The third-order valence-corrected chi connectivity index (χ3v) is 7.99. The number of benzene rings is 3. The minimum atomic E-state index is -1.84. The average Bonchev–Trinajstić information content (AvgIpc) is 3.63. The van der Waals surface area contributed by atoms with Gasteiger partial charge in [-0.1, -0.05) is 60.5 Å². The van der Waals surface area contributed by atoms with Gasteiger partial charge in [0.25, 0.3) is 0 Å². The number of hydrogen-bond donors (Lipinski definition) is 3. The van der Waals surface area contributed by atoms with Crippen molar-refractivity contribution >= 4 is 34.9 Å². The fourth-order valence-corrected chi connectivity index (χ4v) is 6.09. The van der Waals surface area contributed by atoms with Gasteiger partial charge in [0.2, 0.25) is 0 Å². The van der Waals surface area contributed by atoms with E-state index in [1.807, 2.05) is 0 Å². The van der Waals surface area contributed by atoms with Crippen LogP contribution in [0.1, 0.15) is 54.3 Å². The number of ether oxygens (including phenoxy) is 2. The molecule has 12 nitrogen and oxygen atoms in total. The van der Waals surface area contributed by atoms with Crippen LogP contribution in [-0.2, 0) is 14.9 Å². The number of rotatable bonds is 8. The molecule has 1 saturated heterocycles. The van der Waals surface area contributed by atoms with Gasteiger partial charge in [-0.05, 0) is 35.4 Å². The number of carboxylic acid groups (broad SMARTS) is 2. The van der Waals surface area contributed by atoms with Gasteiger partial charge < -0.3 is 25.4 Å². The van der Waals surface area contributed by atoms with Gasteiger partial charge in [0.05, 0.1) is 23.0 Å². The number of hydrogen-bond acceptors (Lipinski definition) is 9. The first kappa shape index (κ1) is 29.9. The van der Waals surface area contributed by atoms with Gasteiger partial charge in [0.1, 0.15) is 18.1 Å². The smallest absolute Gasteiger partial charge is 0.338 e. The second-order valence-electron chi connectivity index (χ2n) is 10.4. The first-order valence-electron chi connectivity index (χ1n) is 13.8. The van der Waals surface area contributed by atoms with Crippen LogP contribution in [0.5, 0.6) is 0 Å². The van der Waals surface area contributed by atoms with Crippen molar-refractivity contribution in [2.75, 3.05) is 12.3 Å². The van der Waals surface area contributed by atoms with Crippen LogP contribution >= 0.6 is 0 Å². The molecule has 4 atom stereocenters. The molecule has 0 radical (unpaired) electrons. The normalized spacial score (nSPS) is 20.7. The van der Waals surface area contributed by atoms with Crippen molar-refractivity contribution in [2.45, 2.75) is 23.7 Å². The number of aromatic carboxylic acids is 2. The number of nitrogen functional groups attached to an aromatic ring is 1. The molecule has 1 aliphatic heterocycles. The molecule has 0 bridgehead atoms. The lowest BCUT2D eigenvalue weighted by Crippen LogP contribution is -2.40. The number of halogens is 1. The van der Waals surface area contributed by atoms with Crippen LogP contribution in [0.25, 0.3) is 11.2 Å². The topological polar surface area (TPSA) is 180 Å². The van der Waals surface area contributed by atoms with Gasteiger partial charge in [0, 0.05) is 5.92 Å². The Morgan fingerprint density at radius 2 is 1.63 bits per heavy atom. The average molecular weight is 622 g/mol. The van der Waals surface area contributed by atoms with Crippen molar-refractivity contribution in [3.8, 4) is 12.3 Å². The summed E-state index contributed by atoms with van der Waals surface area (Å²) in [5, 5.41) is 20.5. The molecule has 1 aliphatic rings. The van der Waals surface area contributed by atoms with E-state index >= 15 is 0 Å². The summed E-state index contributed by atoms with van der Waals surface area (Å²) < 4.78 is 28.1. The molecular formula is C33H24FN5O7. The highest BCUT2D eigenvalue weighted by atomic mass is 19.1. The highest BCUT2D eigenvalue weighted by Crippen LogP contribution is 2.57. The number of esters is 1. The van der Waals surface area contributed by atoms with Crippen molar-refractivity contribution in [3.05, 3.63) is 119 Å². The molecule has 3 heterocycles. The highest BCUT2D eigenvalue weighted by molar-refractivity contribution is 5.92. The van der Waals surface area contributed by atoms with Gasteiger partial charge in [-0.2, -0.15) is 14.4 Å². The third kappa shape index (κ3) is 4.86. The molecule has 230 valence electrons. The summed E-state index contributed by atoms with van der Waals surface area (Å²) in [4.78, 5) is 49.9. The van der Waals surface area contributed by atoms with Crippen LogP contribution in [0.3, 0.4) is 0 Å². The molecule has 3 aromatic carbocycles. The fourth-order valence-electron chi connectivity index (χ4n) is 6.09. The largest absolute Gasteiger partial charge is 0.478 e. The molecular weight excluding hydrogens is 597 g/mol. The van der Waals surface area contributed by atoms with E-state index in [0.717, 1.165) is 0 Å². The molecule has 4 N–H and O–H groups in total. The summed E-state index contributed by atoms with van der Waals surface area (Å²) in [7, 11) is 0. The number of carbonyl (C=O) groups is 3. The lowest BCUT2D eigenvalue weighted by atomic mass is 9.64. The quantitative estimate of drug-likeness (QED) is 0.129. The number of terminal acetylenes is 1. The van der Waals surface area contributed by atoms with Gasteiger partial charge in [-0.15, -0.1) is 6.42 Å². The number of carbonyl (C=O) groups excluding carboxylic acids is 1. The number of fused-ring (bicyclic) bond motifs is 1. The minimum Gasteiger partial charge on any atom is -0.478 e. The molecule has 0 unspecified atom stereocenters. The number of nitrogens with zero attached hydrogens (tertiary/aromatic N) is 4. The maximum atomic E-state index is 14.5. The van der Waals surface area contributed by atoms with Crippen LogP contribution in [-0.4, -0.2) is 60.4 Å². The molecule has 5 aromatic rings. The molecule has 0 aliphatic carbocycles. The summed E-state index contributed by atoms with van der Waals surface area (Å²) >= 11 is 0. The predicted octanol–water partition coefficient (Wildman–Crippen LogP) is 4.05. The first-order chi connectivity index (χ1) is 22.2. The maximum Gasteiger partial charge on any atom is 0.338 e. The molecule has 2 aromatic heterocycles. The van der Waals surface area contributed by atoms with E-state index in [4.69, 9.17) is 21.6 Å². The molecule has 6 rings (SSSR count). The number of aromatic nitrogens is 4. The predicted molar refractivity (Wildman–Crippen MR) is 160 cm³/mol. The Balaban J connectivity index is 1.63. The van der Waals surface area contributed by atoms with E-state index < -0.39 is 54.3 Å². The van der Waals surface area contributed by atoms with Crippen LogP contribution < -0.4 is 5.73 Å². The Morgan fingerprint density at radius 1 is 0.978 bits per heavy atom. The monoisotopic (exact) mass is 621 g/mol. The van der Waals surface area contributed by atoms with E-state index in [-0.39, 0.29) is 44.8 Å². The molecule has 0 amide bonds. The van der Waals surface area contributed by atoms with Crippen LogP contribution in [0.2, 0.25) is 0 Å². The number of imidazole rings is 1. The van der Waals surface area contributed by atoms with Crippen molar-refractivity contribution in [1.82, 2.24) is 19.5 Å². The second kappa shape index (κ2) is 11.8. The SMILES string of the molecule is C#C[C@@]1(c2ccccc2C(=O)O)[C@@H](c2ccccc2C(=O)O)[C@H](COC(=O)c2ccccc2)O[C@H]1n1cnc2c(N)nc(F)nc21. The molecule has 0 spiro atoms. The zero-order chi connectivity index (χ0) is 32.6. The van der Waals surface area contributed by atoms with Gasteiger partial charge >= 0.3 is 24.0 Å². The van der Waals surface area contributed by atoms with E-state index in [0.29, 0.717) is 0 Å². The van der Waals surface area contributed by atoms with E-state index in [1.54, 1.807) is 42.5 Å². The zero-order valence-corrected chi connectivity index (χ0v) is 23.8. The third-order valence-electron chi connectivity index (χ3n) is 7.99. The molecule has 1 fully saturated rings. The zero-order valence-electron chi connectivity index (χ0n) is 23.8. The summed E-state index contributed by atoms with van der Waals surface area (Å²) in [5.41, 5.74) is 4.17. The van der Waals surface area contributed by atoms with Crippen molar-refractivity contribution in [3.63, 3.8) is 0 Å². The summed E-state index contributed by atoms with van der Waals surface area (Å²) in [6.07, 6.45) is 3.90. The second-order valence-corrected chi connectivity index (χ2v) is 10.4. The van der Waals surface area contributed by atoms with Crippen LogP contribution in [0.4, 0.5) is 10.2 Å². The van der Waals surface area contributed by atoms with Crippen molar-refractivity contribution < 1.29 is 38.5 Å². The van der Waals surface area contributed by atoms with Gasteiger partial charge in [-0.3, -0.25) is 4.57 Å². The summed E-state index contributed by atoms with van der Waals surface area (Å²) in [5.74, 6) is -1.96.